The maximum absolute atomic E-state index is 15.0. The molecule has 5 aromatic carbocycles. The first-order valence-electron chi connectivity index (χ1n) is 19.1. The van der Waals surface area contributed by atoms with E-state index in [2.05, 4.69) is 10.6 Å². The van der Waals surface area contributed by atoms with Crippen molar-refractivity contribution >= 4 is 25.5 Å². The molecule has 5 aromatic rings. The summed E-state index contributed by atoms with van der Waals surface area (Å²) in [5.74, 6) is -2.10. The Morgan fingerprint density at radius 3 is 1.75 bits per heavy atom. The SMILES string of the molecule is COCCCC(NC(=O)C1CCCN1C(=O)C(NC(=O)OCc1ccccc1)C(c1ccccc1)c1ccccc1)P(=O)(Oc1ccccc1)Oc1ccccc1. The van der Waals surface area contributed by atoms with Crippen LogP contribution in [-0.2, 0) is 30.2 Å². The number of likely N-dealkylation sites (tertiary alicyclic amines) is 1. The third-order valence-electron chi connectivity index (χ3n) is 9.71. The number of benzene rings is 5. The van der Waals surface area contributed by atoms with Gasteiger partial charge in [-0.1, -0.05) is 127 Å². The van der Waals surface area contributed by atoms with Crippen LogP contribution in [0.3, 0.4) is 0 Å². The molecule has 1 fully saturated rings. The largest absolute Gasteiger partial charge is 0.452 e. The second-order valence-electron chi connectivity index (χ2n) is 13.7. The van der Waals surface area contributed by atoms with Gasteiger partial charge in [0.15, 0.2) is 5.78 Å². The van der Waals surface area contributed by atoms with Crippen molar-refractivity contribution in [2.24, 2.45) is 0 Å². The smallest absolute Gasteiger partial charge is 0.445 e. The summed E-state index contributed by atoms with van der Waals surface area (Å²) in [6.45, 7) is 0.604. The molecule has 1 heterocycles. The van der Waals surface area contributed by atoms with E-state index in [1.54, 1.807) is 55.6 Å². The first kappa shape index (κ1) is 40.8. The van der Waals surface area contributed by atoms with Crippen molar-refractivity contribution in [3.8, 4) is 11.5 Å². The van der Waals surface area contributed by atoms with Gasteiger partial charge in [0.2, 0.25) is 11.8 Å². The van der Waals surface area contributed by atoms with Gasteiger partial charge in [-0.15, -0.1) is 0 Å². The van der Waals surface area contributed by atoms with E-state index in [9.17, 15) is 18.9 Å². The number of nitrogens with zero attached hydrogens (tertiary/aromatic N) is 1. The van der Waals surface area contributed by atoms with Gasteiger partial charge in [-0.05, 0) is 66.6 Å². The summed E-state index contributed by atoms with van der Waals surface area (Å²) in [5, 5.41) is 5.87. The van der Waals surface area contributed by atoms with Crippen LogP contribution in [0.1, 0.15) is 48.3 Å². The van der Waals surface area contributed by atoms with Crippen molar-refractivity contribution < 1.29 is 37.5 Å². The Bertz CT molecular complexity index is 1970. The fourth-order valence-electron chi connectivity index (χ4n) is 6.95. The highest BCUT2D eigenvalue weighted by molar-refractivity contribution is 7.55. The highest BCUT2D eigenvalue weighted by Gasteiger charge is 2.45. The van der Waals surface area contributed by atoms with Crippen LogP contribution < -0.4 is 19.7 Å². The maximum Gasteiger partial charge on any atom is 0.452 e. The number of nitrogens with one attached hydrogen (secondary N) is 2. The zero-order chi connectivity index (χ0) is 39.9. The molecule has 1 aliphatic heterocycles. The second-order valence-corrected chi connectivity index (χ2v) is 15.7. The molecule has 1 saturated heterocycles. The molecule has 2 N–H and O–H groups in total. The predicted octanol–water partition coefficient (Wildman–Crippen LogP) is 8.32. The minimum absolute atomic E-state index is 0.00426. The molecule has 3 atom stereocenters. The average Bonchev–Trinajstić information content (AvgIpc) is 3.75. The third kappa shape index (κ3) is 11.1. The summed E-state index contributed by atoms with van der Waals surface area (Å²) >= 11 is 0. The van der Waals surface area contributed by atoms with Crippen LogP contribution >= 0.6 is 7.60 Å². The van der Waals surface area contributed by atoms with Gasteiger partial charge in [0, 0.05) is 26.2 Å². The van der Waals surface area contributed by atoms with Crippen LogP contribution in [0, 0.1) is 0 Å². The number of carbonyl (C=O) groups is 3. The molecule has 3 amide bonds. The van der Waals surface area contributed by atoms with Crippen molar-refractivity contribution in [1.29, 1.82) is 0 Å². The standard InChI is InChI=1S/C45H48N3O8P/c1-53-32-18-30-40(57(52,55-37-25-13-5-14-26-37)56-38-27-15-6-16-28-38)46-43(49)39-29-17-31-48(39)44(50)42(47-45(51)54-33-34-19-7-2-8-20-34)41(35-21-9-3-10-22-35)36-23-11-4-12-24-36/h2-16,19-28,39-42H,17-18,29-33H2,1H3,(H,46,49)(H,47,51). The average molecular weight is 790 g/mol. The normalized spacial score (nSPS) is 15.0. The molecule has 11 nitrogen and oxygen atoms in total. The fourth-order valence-corrected chi connectivity index (χ4v) is 8.86. The second kappa shape index (κ2) is 20.3. The van der Waals surface area contributed by atoms with Crippen molar-refractivity contribution in [3.63, 3.8) is 0 Å². The molecular weight excluding hydrogens is 741 g/mol. The van der Waals surface area contributed by atoms with Crippen molar-refractivity contribution in [2.75, 3.05) is 20.3 Å². The summed E-state index contributed by atoms with van der Waals surface area (Å²) in [7, 11) is -2.62. The third-order valence-corrected chi connectivity index (χ3v) is 11.8. The molecule has 6 rings (SSSR count). The lowest BCUT2D eigenvalue weighted by molar-refractivity contribution is -0.140. The Morgan fingerprint density at radius 1 is 0.719 bits per heavy atom. The van der Waals surface area contributed by atoms with Crippen LogP contribution in [0.2, 0.25) is 0 Å². The van der Waals surface area contributed by atoms with E-state index in [1.807, 2.05) is 103 Å². The van der Waals surface area contributed by atoms with E-state index < -0.39 is 49.3 Å². The molecule has 296 valence electrons. The fraction of sp³-hybridized carbons (Fsp3) is 0.267. The van der Waals surface area contributed by atoms with Gasteiger partial charge in [-0.25, -0.2) is 9.36 Å². The van der Waals surface area contributed by atoms with Gasteiger partial charge in [0.1, 0.15) is 30.2 Å². The van der Waals surface area contributed by atoms with Gasteiger partial charge in [0.05, 0.1) is 0 Å². The van der Waals surface area contributed by atoms with Crippen LogP contribution in [0.5, 0.6) is 11.5 Å². The molecule has 0 radical (unpaired) electrons. The zero-order valence-electron chi connectivity index (χ0n) is 31.9. The van der Waals surface area contributed by atoms with Crippen molar-refractivity contribution in [2.45, 2.75) is 56.1 Å². The summed E-state index contributed by atoms with van der Waals surface area (Å²) in [4.78, 5) is 44.5. The predicted molar refractivity (Wildman–Crippen MR) is 218 cm³/mol. The summed E-state index contributed by atoms with van der Waals surface area (Å²) in [5.41, 5.74) is 2.38. The van der Waals surface area contributed by atoms with Crippen LogP contribution in [-0.4, -0.2) is 60.9 Å². The lowest BCUT2D eigenvalue weighted by Gasteiger charge is -2.34. The Balaban J connectivity index is 1.30. The first-order chi connectivity index (χ1) is 27.8. The Kier molecular flexibility index (Phi) is 14.5. The molecule has 0 saturated carbocycles. The number of hydrogen-bond acceptors (Lipinski definition) is 8. The van der Waals surface area contributed by atoms with Gasteiger partial charge in [-0.2, -0.15) is 0 Å². The molecule has 1 aliphatic rings. The molecule has 0 aliphatic carbocycles. The van der Waals surface area contributed by atoms with Crippen LogP contribution in [0.15, 0.2) is 152 Å². The summed E-state index contributed by atoms with van der Waals surface area (Å²) in [6.07, 6.45) is 0.729. The number of ether oxygens (including phenoxy) is 2. The lowest BCUT2D eigenvalue weighted by Crippen LogP contribution is -2.56. The monoisotopic (exact) mass is 789 g/mol. The Labute approximate surface area is 333 Å². The number of alkyl carbamates (subject to hydrolysis) is 1. The van der Waals surface area contributed by atoms with Crippen molar-refractivity contribution in [1.82, 2.24) is 15.5 Å². The number of methoxy groups -OCH3 is 1. The molecule has 0 spiro atoms. The zero-order valence-corrected chi connectivity index (χ0v) is 32.7. The lowest BCUT2D eigenvalue weighted by atomic mass is 9.84. The quantitative estimate of drug-likeness (QED) is 0.0670. The summed E-state index contributed by atoms with van der Waals surface area (Å²) < 4.78 is 38.2. The number of hydrogen-bond donors (Lipinski definition) is 2. The Morgan fingerprint density at radius 2 is 1.23 bits per heavy atom. The molecule has 0 bridgehead atoms. The first-order valence-corrected chi connectivity index (χ1v) is 20.7. The van der Waals surface area contributed by atoms with E-state index in [4.69, 9.17) is 18.5 Å². The molecule has 12 heteroatoms. The van der Waals surface area contributed by atoms with Gasteiger partial charge < -0.3 is 34.1 Å². The highest BCUT2D eigenvalue weighted by Crippen LogP contribution is 2.53. The van der Waals surface area contributed by atoms with Gasteiger partial charge >= 0.3 is 13.7 Å². The molecular formula is C45H48N3O8P. The van der Waals surface area contributed by atoms with Gasteiger partial charge in [0.25, 0.3) is 0 Å². The minimum atomic E-state index is -4.18. The molecule has 57 heavy (non-hydrogen) atoms. The minimum Gasteiger partial charge on any atom is -0.445 e. The van der Waals surface area contributed by atoms with E-state index >= 15 is 0 Å². The molecule has 3 unspecified atom stereocenters. The van der Waals surface area contributed by atoms with Crippen LogP contribution in [0.4, 0.5) is 4.79 Å². The van der Waals surface area contributed by atoms with E-state index in [0.717, 1.165) is 16.7 Å². The van der Waals surface area contributed by atoms with Gasteiger partial charge in [-0.3, -0.25) is 9.59 Å². The summed E-state index contributed by atoms with van der Waals surface area (Å²) in [6, 6.07) is 43.4. The topological polar surface area (TPSA) is 133 Å². The van der Waals surface area contributed by atoms with E-state index in [0.29, 0.717) is 37.4 Å². The van der Waals surface area contributed by atoms with E-state index in [1.165, 1.54) is 4.90 Å². The van der Waals surface area contributed by atoms with Crippen LogP contribution in [0.25, 0.3) is 0 Å². The number of carbonyl (C=O) groups excluding carboxylic acids is 3. The Hall–Kier alpha value is -5.90. The number of para-hydroxylation sites is 2. The number of amides is 3. The maximum atomic E-state index is 15.0. The van der Waals surface area contributed by atoms with Crippen molar-refractivity contribution in [3.05, 3.63) is 168 Å². The van der Waals surface area contributed by atoms with E-state index in [-0.39, 0.29) is 19.6 Å². The highest BCUT2D eigenvalue weighted by atomic mass is 31.2. The number of rotatable bonds is 18. The molecule has 0 aromatic heterocycles.